The molecule has 0 fully saturated rings. The Hall–Kier alpha value is -1.11. The monoisotopic (exact) mass is 176 g/mol. The zero-order valence-electron chi connectivity index (χ0n) is 8.55. The van der Waals surface area contributed by atoms with Crippen molar-refractivity contribution in [2.24, 2.45) is 0 Å². The maximum atomic E-state index is 11.6. The second-order valence-corrected chi connectivity index (χ2v) is 3.49. The fourth-order valence-corrected chi connectivity index (χ4v) is 1.40. The Morgan fingerprint density at radius 3 is 2.62 bits per heavy atom. The molecule has 0 radical (unpaired) electrons. The lowest BCUT2D eigenvalue weighted by Gasteiger charge is -2.04. The number of ketones is 1. The van der Waals surface area contributed by atoms with Gasteiger partial charge in [-0.2, -0.15) is 0 Å². The molecule has 1 rings (SSSR count). The summed E-state index contributed by atoms with van der Waals surface area (Å²) in [4.78, 5) is 11.6. The lowest BCUT2D eigenvalue weighted by Crippen LogP contribution is -2.01. The van der Waals surface area contributed by atoms with E-state index >= 15 is 0 Å². The number of Topliss-reactive ketones (excluding diaryl/α,β-unsaturated/α-hetero) is 1. The highest BCUT2D eigenvalue weighted by atomic mass is 16.1. The van der Waals surface area contributed by atoms with Crippen molar-refractivity contribution in [3.8, 4) is 0 Å². The average molecular weight is 176 g/mol. The van der Waals surface area contributed by atoms with Gasteiger partial charge in [0.15, 0.2) is 5.78 Å². The van der Waals surface area contributed by atoms with Crippen molar-refractivity contribution in [2.45, 2.75) is 33.6 Å². The van der Waals surface area contributed by atoms with Crippen LogP contribution < -0.4 is 0 Å². The molecule has 0 unspecified atom stereocenters. The highest BCUT2D eigenvalue weighted by Crippen LogP contribution is 2.13. The van der Waals surface area contributed by atoms with Gasteiger partial charge >= 0.3 is 0 Å². The van der Waals surface area contributed by atoms with Gasteiger partial charge in [-0.05, 0) is 31.9 Å². The molecule has 0 saturated carbocycles. The number of benzene rings is 1. The minimum Gasteiger partial charge on any atom is -0.294 e. The molecule has 0 aliphatic heterocycles. The summed E-state index contributed by atoms with van der Waals surface area (Å²) in [5, 5.41) is 0. The Morgan fingerprint density at radius 2 is 2.00 bits per heavy atom. The number of carbonyl (C=O) groups excluding carboxylic acids is 1. The standard InChI is InChI=1S/C12H16O/c1-4-5-12(13)11-8-9(2)6-7-10(11)3/h6-8H,4-5H2,1-3H3. The number of carbonyl (C=O) groups is 1. The minimum absolute atomic E-state index is 0.267. The maximum Gasteiger partial charge on any atom is 0.163 e. The summed E-state index contributed by atoms with van der Waals surface area (Å²) in [6, 6.07) is 6.03. The molecule has 1 heteroatoms. The van der Waals surface area contributed by atoms with Gasteiger partial charge in [0.2, 0.25) is 0 Å². The van der Waals surface area contributed by atoms with E-state index in [-0.39, 0.29) is 5.78 Å². The van der Waals surface area contributed by atoms with Gasteiger partial charge in [0.1, 0.15) is 0 Å². The average Bonchev–Trinajstić information content (AvgIpc) is 2.09. The Labute approximate surface area is 79.8 Å². The van der Waals surface area contributed by atoms with E-state index in [9.17, 15) is 4.79 Å². The first-order valence-electron chi connectivity index (χ1n) is 4.75. The van der Waals surface area contributed by atoms with Crippen molar-refractivity contribution in [2.75, 3.05) is 0 Å². The van der Waals surface area contributed by atoms with E-state index in [1.807, 2.05) is 39.0 Å². The van der Waals surface area contributed by atoms with Gasteiger partial charge in [-0.15, -0.1) is 0 Å². The molecule has 0 spiro atoms. The fourth-order valence-electron chi connectivity index (χ4n) is 1.40. The summed E-state index contributed by atoms with van der Waals surface area (Å²) in [7, 11) is 0. The van der Waals surface area contributed by atoms with E-state index in [0.717, 1.165) is 23.1 Å². The molecule has 0 saturated heterocycles. The van der Waals surface area contributed by atoms with Gasteiger partial charge in [-0.25, -0.2) is 0 Å². The van der Waals surface area contributed by atoms with Crippen LogP contribution in [0.3, 0.4) is 0 Å². The van der Waals surface area contributed by atoms with Gasteiger partial charge in [0.25, 0.3) is 0 Å². The molecule has 0 aromatic heterocycles. The van der Waals surface area contributed by atoms with Crippen molar-refractivity contribution < 1.29 is 4.79 Å². The molecule has 0 amide bonds. The van der Waals surface area contributed by atoms with Crippen LogP contribution in [-0.4, -0.2) is 5.78 Å². The summed E-state index contributed by atoms with van der Waals surface area (Å²) in [6.07, 6.45) is 1.58. The van der Waals surface area contributed by atoms with Crippen molar-refractivity contribution in [1.82, 2.24) is 0 Å². The number of hydrogen-bond acceptors (Lipinski definition) is 1. The van der Waals surface area contributed by atoms with Gasteiger partial charge in [0, 0.05) is 12.0 Å². The molecule has 0 atom stereocenters. The zero-order valence-corrected chi connectivity index (χ0v) is 8.55. The van der Waals surface area contributed by atoms with Crippen LogP contribution in [-0.2, 0) is 0 Å². The van der Waals surface area contributed by atoms with E-state index < -0.39 is 0 Å². The first kappa shape index (κ1) is 9.97. The van der Waals surface area contributed by atoms with Crippen LogP contribution in [0.5, 0.6) is 0 Å². The topological polar surface area (TPSA) is 17.1 Å². The fraction of sp³-hybridized carbons (Fsp3) is 0.417. The summed E-state index contributed by atoms with van der Waals surface area (Å²) >= 11 is 0. The smallest absolute Gasteiger partial charge is 0.163 e. The van der Waals surface area contributed by atoms with Gasteiger partial charge in [0.05, 0.1) is 0 Å². The quantitative estimate of drug-likeness (QED) is 0.646. The number of rotatable bonds is 3. The van der Waals surface area contributed by atoms with Gasteiger partial charge in [-0.1, -0.05) is 24.6 Å². The number of hydrogen-bond donors (Lipinski definition) is 0. The lowest BCUT2D eigenvalue weighted by molar-refractivity contribution is 0.0981. The molecule has 0 heterocycles. The van der Waals surface area contributed by atoms with Gasteiger partial charge < -0.3 is 0 Å². The molecule has 1 aromatic rings. The van der Waals surface area contributed by atoms with E-state index in [1.54, 1.807) is 0 Å². The van der Waals surface area contributed by atoms with Crippen molar-refractivity contribution >= 4 is 5.78 Å². The Bertz CT molecular complexity index is 313. The van der Waals surface area contributed by atoms with Crippen LogP contribution in [0.1, 0.15) is 41.3 Å². The van der Waals surface area contributed by atoms with Crippen LogP contribution in [0, 0.1) is 13.8 Å². The lowest BCUT2D eigenvalue weighted by atomic mass is 10.00. The van der Waals surface area contributed by atoms with Crippen LogP contribution in [0.2, 0.25) is 0 Å². The maximum absolute atomic E-state index is 11.6. The summed E-state index contributed by atoms with van der Waals surface area (Å²) < 4.78 is 0. The minimum atomic E-state index is 0.267. The predicted molar refractivity (Wildman–Crippen MR) is 55.2 cm³/mol. The summed E-state index contributed by atoms with van der Waals surface area (Å²) in [5.74, 6) is 0.267. The molecular formula is C12H16O. The third-order valence-corrected chi connectivity index (χ3v) is 2.17. The van der Waals surface area contributed by atoms with E-state index in [4.69, 9.17) is 0 Å². The summed E-state index contributed by atoms with van der Waals surface area (Å²) in [6.45, 7) is 6.04. The molecule has 0 aliphatic rings. The second kappa shape index (κ2) is 4.22. The predicted octanol–water partition coefficient (Wildman–Crippen LogP) is 3.29. The first-order chi connectivity index (χ1) is 6.15. The SMILES string of the molecule is CCCC(=O)c1cc(C)ccc1C. The first-order valence-corrected chi connectivity index (χ1v) is 4.75. The summed E-state index contributed by atoms with van der Waals surface area (Å²) in [5.41, 5.74) is 3.14. The van der Waals surface area contributed by atoms with E-state index in [2.05, 4.69) is 0 Å². The van der Waals surface area contributed by atoms with Crippen LogP contribution in [0.25, 0.3) is 0 Å². The molecule has 13 heavy (non-hydrogen) atoms. The Balaban J connectivity index is 2.99. The molecule has 0 bridgehead atoms. The highest BCUT2D eigenvalue weighted by molar-refractivity contribution is 5.97. The van der Waals surface area contributed by atoms with Crippen LogP contribution in [0.4, 0.5) is 0 Å². The largest absolute Gasteiger partial charge is 0.294 e. The zero-order chi connectivity index (χ0) is 9.84. The second-order valence-electron chi connectivity index (χ2n) is 3.49. The molecule has 70 valence electrons. The van der Waals surface area contributed by atoms with Crippen LogP contribution in [0.15, 0.2) is 18.2 Å². The third-order valence-electron chi connectivity index (χ3n) is 2.17. The molecular weight excluding hydrogens is 160 g/mol. The van der Waals surface area contributed by atoms with E-state index in [0.29, 0.717) is 6.42 Å². The molecule has 0 N–H and O–H groups in total. The Kier molecular flexibility index (Phi) is 3.24. The highest BCUT2D eigenvalue weighted by Gasteiger charge is 2.07. The molecule has 0 aliphatic carbocycles. The third kappa shape index (κ3) is 2.41. The van der Waals surface area contributed by atoms with Crippen molar-refractivity contribution in [3.05, 3.63) is 34.9 Å². The van der Waals surface area contributed by atoms with Gasteiger partial charge in [-0.3, -0.25) is 4.79 Å². The van der Waals surface area contributed by atoms with Crippen molar-refractivity contribution in [3.63, 3.8) is 0 Å². The number of aryl methyl sites for hydroxylation is 2. The van der Waals surface area contributed by atoms with E-state index in [1.165, 1.54) is 0 Å². The normalized spacial score (nSPS) is 10.1. The molecule has 1 aromatic carbocycles. The Morgan fingerprint density at radius 1 is 1.31 bits per heavy atom. The van der Waals surface area contributed by atoms with Crippen LogP contribution >= 0.6 is 0 Å². The van der Waals surface area contributed by atoms with Crippen molar-refractivity contribution in [1.29, 1.82) is 0 Å². The molecule has 1 nitrogen and oxygen atoms in total.